The summed E-state index contributed by atoms with van der Waals surface area (Å²) in [5, 5.41) is 8.59. The molecular weight excluding hydrogens is 126 g/mol. The monoisotopic (exact) mass is 139 g/mol. The van der Waals surface area contributed by atoms with E-state index >= 15 is 0 Å². The first kappa shape index (κ1) is 9.11. The number of aliphatic hydroxyl groups excluding tert-OH is 1. The zero-order valence-electron chi connectivity index (χ0n) is 6.25. The summed E-state index contributed by atoms with van der Waals surface area (Å²) < 4.78 is 0. The quantitative estimate of drug-likeness (QED) is 0.588. The molecule has 0 unspecified atom stereocenters. The maximum atomic E-state index is 8.59. The Hall–Kier alpha value is -0.890. The molecule has 0 rings (SSSR count). The molecule has 0 saturated heterocycles. The Morgan fingerprint density at radius 1 is 1.70 bits per heavy atom. The molecule has 0 aliphatic heterocycles. The van der Waals surface area contributed by atoms with Crippen molar-refractivity contribution < 1.29 is 5.11 Å². The van der Waals surface area contributed by atoms with Gasteiger partial charge in [-0.05, 0) is 12.5 Å². The fourth-order valence-corrected chi connectivity index (χ4v) is 0.412. The van der Waals surface area contributed by atoms with Crippen LogP contribution >= 0.6 is 0 Å². The highest BCUT2D eigenvalue weighted by Gasteiger charge is 1.83. The average Bonchev–Trinajstić information content (AvgIpc) is 1.99. The first-order chi connectivity index (χ1) is 4.85. The highest BCUT2D eigenvalue weighted by molar-refractivity contribution is 5.95. The van der Waals surface area contributed by atoms with Gasteiger partial charge in [-0.3, -0.25) is 4.99 Å². The Balaban J connectivity index is 3.85. The summed E-state index contributed by atoms with van der Waals surface area (Å²) in [4.78, 5) is 3.92. The number of rotatable bonds is 4. The Kier molecular flexibility index (Phi) is 5.68. The van der Waals surface area contributed by atoms with Gasteiger partial charge in [0.2, 0.25) is 0 Å². The Morgan fingerprint density at radius 3 is 2.80 bits per heavy atom. The van der Waals surface area contributed by atoms with Crippen molar-refractivity contribution >= 4 is 5.71 Å². The van der Waals surface area contributed by atoms with E-state index in [2.05, 4.69) is 11.6 Å². The van der Waals surface area contributed by atoms with Gasteiger partial charge in [-0.15, -0.1) is 0 Å². The fraction of sp³-hybridized carbons (Fsp3) is 0.375. The molecule has 0 bridgehead atoms. The van der Waals surface area contributed by atoms with Crippen molar-refractivity contribution in [2.75, 3.05) is 6.61 Å². The van der Waals surface area contributed by atoms with Crippen LogP contribution < -0.4 is 0 Å². The van der Waals surface area contributed by atoms with Gasteiger partial charge in [0.25, 0.3) is 0 Å². The molecule has 2 heteroatoms. The molecule has 0 aromatic heterocycles. The maximum absolute atomic E-state index is 8.59. The van der Waals surface area contributed by atoms with Gasteiger partial charge in [0.05, 0.1) is 12.3 Å². The molecule has 0 amide bonds. The molecule has 56 valence electrons. The van der Waals surface area contributed by atoms with E-state index in [0.717, 1.165) is 6.42 Å². The van der Waals surface area contributed by atoms with Gasteiger partial charge in [0.1, 0.15) is 0 Å². The van der Waals surface area contributed by atoms with Crippen LogP contribution in [0.4, 0.5) is 0 Å². The lowest BCUT2D eigenvalue weighted by atomic mass is 10.4. The van der Waals surface area contributed by atoms with Crippen LogP contribution in [0.3, 0.4) is 0 Å². The fourth-order valence-electron chi connectivity index (χ4n) is 0.412. The lowest BCUT2D eigenvalue weighted by Gasteiger charge is -1.88. The molecule has 10 heavy (non-hydrogen) atoms. The van der Waals surface area contributed by atoms with Gasteiger partial charge in [-0.1, -0.05) is 19.6 Å². The van der Waals surface area contributed by atoms with Crippen LogP contribution in [0.2, 0.25) is 0 Å². The lowest BCUT2D eigenvalue weighted by Crippen LogP contribution is -1.97. The first-order valence-corrected chi connectivity index (χ1v) is 3.30. The SMILES string of the molecule is C=C/C(CO)=N\C=C/CC. The van der Waals surface area contributed by atoms with E-state index in [1.165, 1.54) is 0 Å². The highest BCUT2D eigenvalue weighted by Crippen LogP contribution is 1.84. The van der Waals surface area contributed by atoms with E-state index in [-0.39, 0.29) is 6.61 Å². The summed E-state index contributed by atoms with van der Waals surface area (Å²) in [6, 6.07) is 0. The van der Waals surface area contributed by atoms with Crippen molar-refractivity contribution in [2.45, 2.75) is 13.3 Å². The summed E-state index contributed by atoms with van der Waals surface area (Å²) in [5.74, 6) is 0. The molecule has 0 heterocycles. The van der Waals surface area contributed by atoms with Gasteiger partial charge in [-0.25, -0.2) is 0 Å². The highest BCUT2D eigenvalue weighted by atomic mass is 16.3. The zero-order chi connectivity index (χ0) is 7.82. The van der Waals surface area contributed by atoms with E-state index < -0.39 is 0 Å². The second-order valence-electron chi connectivity index (χ2n) is 1.78. The molecule has 0 radical (unpaired) electrons. The third-order valence-corrected chi connectivity index (χ3v) is 0.979. The molecule has 0 aliphatic carbocycles. The first-order valence-electron chi connectivity index (χ1n) is 3.30. The van der Waals surface area contributed by atoms with Crippen LogP contribution in [-0.4, -0.2) is 17.4 Å². The van der Waals surface area contributed by atoms with E-state index in [1.807, 2.05) is 13.0 Å². The minimum absolute atomic E-state index is 0.0441. The molecule has 0 atom stereocenters. The van der Waals surface area contributed by atoms with Crippen LogP contribution in [0, 0.1) is 0 Å². The largest absolute Gasteiger partial charge is 0.390 e. The topological polar surface area (TPSA) is 32.6 Å². The van der Waals surface area contributed by atoms with Gasteiger partial charge >= 0.3 is 0 Å². The normalized spacial score (nSPS) is 12.4. The number of allylic oxidation sites excluding steroid dienone is 1. The summed E-state index contributed by atoms with van der Waals surface area (Å²) in [6.45, 7) is 5.47. The molecule has 0 saturated carbocycles. The van der Waals surface area contributed by atoms with Gasteiger partial charge in [0.15, 0.2) is 0 Å². The molecular formula is C8H13NO. The molecule has 2 nitrogen and oxygen atoms in total. The van der Waals surface area contributed by atoms with Crippen LogP contribution in [0.25, 0.3) is 0 Å². The van der Waals surface area contributed by atoms with E-state index in [0.29, 0.717) is 5.71 Å². The Labute approximate surface area is 61.6 Å². The van der Waals surface area contributed by atoms with Crippen LogP contribution in [0.15, 0.2) is 29.9 Å². The number of hydrogen-bond acceptors (Lipinski definition) is 2. The molecule has 0 aromatic carbocycles. The van der Waals surface area contributed by atoms with Crippen molar-refractivity contribution in [3.05, 3.63) is 24.9 Å². The van der Waals surface area contributed by atoms with Crippen molar-refractivity contribution in [2.24, 2.45) is 4.99 Å². The van der Waals surface area contributed by atoms with Gasteiger partial charge < -0.3 is 5.11 Å². The van der Waals surface area contributed by atoms with Crippen molar-refractivity contribution in [3.63, 3.8) is 0 Å². The molecule has 1 N–H and O–H groups in total. The second kappa shape index (κ2) is 6.23. The molecule has 0 spiro atoms. The molecule has 0 aromatic rings. The Morgan fingerprint density at radius 2 is 2.40 bits per heavy atom. The number of aliphatic imine (C=N–C) groups is 1. The van der Waals surface area contributed by atoms with Gasteiger partial charge in [-0.2, -0.15) is 0 Å². The standard InChI is InChI=1S/C8H13NO/c1-3-5-6-9-8(4-2)7-10/h4-6,10H,2-3,7H2,1H3/b6-5-,9-8+. The van der Waals surface area contributed by atoms with Crippen LogP contribution in [-0.2, 0) is 0 Å². The van der Waals surface area contributed by atoms with Crippen LogP contribution in [0.5, 0.6) is 0 Å². The minimum Gasteiger partial charge on any atom is -0.390 e. The molecule has 0 aliphatic rings. The van der Waals surface area contributed by atoms with E-state index in [4.69, 9.17) is 5.11 Å². The predicted molar refractivity (Wildman–Crippen MR) is 44.1 cm³/mol. The number of aliphatic hydroxyl groups is 1. The van der Waals surface area contributed by atoms with E-state index in [9.17, 15) is 0 Å². The smallest absolute Gasteiger partial charge is 0.0852 e. The molecule has 0 fully saturated rings. The third kappa shape index (κ3) is 4.04. The van der Waals surface area contributed by atoms with Gasteiger partial charge in [0, 0.05) is 6.20 Å². The zero-order valence-corrected chi connectivity index (χ0v) is 6.25. The predicted octanol–water partition coefficient (Wildman–Crippen LogP) is 1.53. The summed E-state index contributed by atoms with van der Waals surface area (Å²) in [6.07, 6.45) is 6.09. The van der Waals surface area contributed by atoms with Crippen molar-refractivity contribution in [1.82, 2.24) is 0 Å². The second-order valence-corrected chi connectivity index (χ2v) is 1.78. The van der Waals surface area contributed by atoms with Crippen molar-refractivity contribution in [3.8, 4) is 0 Å². The average molecular weight is 139 g/mol. The number of nitrogens with zero attached hydrogens (tertiary/aromatic N) is 1. The lowest BCUT2D eigenvalue weighted by molar-refractivity contribution is 0.358. The van der Waals surface area contributed by atoms with Crippen LogP contribution in [0.1, 0.15) is 13.3 Å². The summed E-state index contributed by atoms with van der Waals surface area (Å²) in [7, 11) is 0. The summed E-state index contributed by atoms with van der Waals surface area (Å²) in [5.41, 5.74) is 0.602. The minimum atomic E-state index is -0.0441. The maximum Gasteiger partial charge on any atom is 0.0852 e. The third-order valence-electron chi connectivity index (χ3n) is 0.979. The Bertz CT molecular complexity index is 147. The number of hydrogen-bond donors (Lipinski definition) is 1. The van der Waals surface area contributed by atoms with Crippen molar-refractivity contribution in [1.29, 1.82) is 0 Å². The summed E-state index contributed by atoms with van der Waals surface area (Å²) >= 11 is 0. The van der Waals surface area contributed by atoms with E-state index in [1.54, 1.807) is 12.3 Å².